The second-order valence-electron chi connectivity index (χ2n) is 4.60. The number of H-pyrrole nitrogens is 1. The molecule has 0 radical (unpaired) electrons. The molecule has 4 heteroatoms. The maximum Gasteiger partial charge on any atom is 0.337 e. The van der Waals surface area contributed by atoms with Crippen LogP contribution in [0, 0.1) is 0 Å². The van der Waals surface area contributed by atoms with Gasteiger partial charge in [0.1, 0.15) is 0 Å². The average molecular weight is 230 g/mol. The number of para-hydroxylation sites is 1. The number of hydrogen-bond donors (Lipinski definition) is 2. The summed E-state index contributed by atoms with van der Waals surface area (Å²) in [6.45, 7) is 1.90. The number of likely N-dealkylation sites (N-methyl/N-ethyl adjacent to an activating group) is 1. The molecule has 0 amide bonds. The molecule has 2 N–H and O–H groups in total. The van der Waals surface area contributed by atoms with E-state index in [1.165, 1.54) is 11.3 Å². The molecule has 0 spiro atoms. The molecule has 1 aliphatic heterocycles. The highest BCUT2D eigenvalue weighted by Crippen LogP contribution is 2.29. The second kappa shape index (κ2) is 3.60. The Labute approximate surface area is 98.9 Å². The van der Waals surface area contributed by atoms with Crippen molar-refractivity contribution < 1.29 is 9.90 Å². The number of nitrogens with one attached hydrogen (secondary N) is 1. The van der Waals surface area contributed by atoms with E-state index in [2.05, 4.69) is 16.9 Å². The van der Waals surface area contributed by atoms with Gasteiger partial charge in [0, 0.05) is 30.6 Å². The summed E-state index contributed by atoms with van der Waals surface area (Å²) >= 11 is 0. The minimum Gasteiger partial charge on any atom is -0.478 e. The van der Waals surface area contributed by atoms with Gasteiger partial charge in [-0.15, -0.1) is 0 Å². The van der Waals surface area contributed by atoms with Crippen LogP contribution in [-0.4, -0.2) is 34.6 Å². The Kier molecular flexibility index (Phi) is 2.19. The Morgan fingerprint density at radius 2 is 2.29 bits per heavy atom. The molecule has 1 aromatic carbocycles. The van der Waals surface area contributed by atoms with Gasteiger partial charge in [0.2, 0.25) is 0 Å². The largest absolute Gasteiger partial charge is 0.478 e. The molecule has 2 aromatic rings. The molecule has 17 heavy (non-hydrogen) atoms. The van der Waals surface area contributed by atoms with Crippen LogP contribution in [-0.2, 0) is 13.0 Å². The van der Waals surface area contributed by atoms with E-state index in [-0.39, 0.29) is 0 Å². The fraction of sp³-hybridized carbons (Fsp3) is 0.308. The SMILES string of the molecule is CN1CCc2[nH]c3c(C(=O)O)cccc3c2C1. The Bertz CT molecular complexity index is 601. The first-order valence-electron chi connectivity index (χ1n) is 5.71. The van der Waals surface area contributed by atoms with Crippen LogP contribution in [0.2, 0.25) is 0 Å². The quantitative estimate of drug-likeness (QED) is 0.786. The van der Waals surface area contributed by atoms with Crippen LogP contribution in [0.1, 0.15) is 21.6 Å². The molecule has 88 valence electrons. The number of rotatable bonds is 1. The normalized spacial score (nSPS) is 16.1. The number of nitrogens with zero attached hydrogens (tertiary/aromatic N) is 1. The van der Waals surface area contributed by atoms with Gasteiger partial charge in [0.25, 0.3) is 0 Å². The predicted molar refractivity (Wildman–Crippen MR) is 65.3 cm³/mol. The first-order chi connectivity index (χ1) is 8.16. The summed E-state index contributed by atoms with van der Waals surface area (Å²) in [5.74, 6) is -0.873. The molecule has 1 aliphatic rings. The zero-order valence-electron chi connectivity index (χ0n) is 9.66. The molecular weight excluding hydrogens is 216 g/mol. The summed E-state index contributed by atoms with van der Waals surface area (Å²) in [4.78, 5) is 16.7. The summed E-state index contributed by atoms with van der Waals surface area (Å²) in [7, 11) is 2.09. The molecule has 0 saturated carbocycles. The Morgan fingerprint density at radius 3 is 3.06 bits per heavy atom. The maximum atomic E-state index is 11.2. The lowest BCUT2D eigenvalue weighted by molar-refractivity contribution is 0.0699. The number of carboxylic acids is 1. The maximum absolute atomic E-state index is 11.2. The van der Waals surface area contributed by atoms with Gasteiger partial charge >= 0.3 is 5.97 Å². The number of aromatic nitrogens is 1. The molecule has 1 aromatic heterocycles. The number of carboxylic acid groups (broad SMARTS) is 1. The van der Waals surface area contributed by atoms with E-state index >= 15 is 0 Å². The van der Waals surface area contributed by atoms with E-state index < -0.39 is 5.97 Å². The topological polar surface area (TPSA) is 56.3 Å². The van der Waals surface area contributed by atoms with Crippen molar-refractivity contribution in [3.63, 3.8) is 0 Å². The van der Waals surface area contributed by atoms with Gasteiger partial charge in [-0.05, 0) is 18.7 Å². The van der Waals surface area contributed by atoms with Gasteiger partial charge in [0.05, 0.1) is 11.1 Å². The van der Waals surface area contributed by atoms with E-state index in [1.54, 1.807) is 6.07 Å². The van der Waals surface area contributed by atoms with Crippen molar-refractivity contribution in [1.82, 2.24) is 9.88 Å². The van der Waals surface area contributed by atoms with Crippen LogP contribution in [0.5, 0.6) is 0 Å². The smallest absolute Gasteiger partial charge is 0.337 e. The summed E-state index contributed by atoms with van der Waals surface area (Å²) in [6, 6.07) is 5.46. The first-order valence-corrected chi connectivity index (χ1v) is 5.71. The van der Waals surface area contributed by atoms with Crippen molar-refractivity contribution in [3.8, 4) is 0 Å². The minimum atomic E-state index is -0.873. The molecule has 3 rings (SSSR count). The lowest BCUT2D eigenvalue weighted by Gasteiger charge is -2.22. The van der Waals surface area contributed by atoms with Crippen molar-refractivity contribution in [1.29, 1.82) is 0 Å². The van der Waals surface area contributed by atoms with Crippen molar-refractivity contribution in [2.75, 3.05) is 13.6 Å². The predicted octanol–water partition coefficient (Wildman–Crippen LogP) is 1.85. The van der Waals surface area contributed by atoms with Crippen LogP contribution >= 0.6 is 0 Å². The van der Waals surface area contributed by atoms with E-state index in [0.29, 0.717) is 5.56 Å². The Balaban J connectivity index is 2.28. The minimum absolute atomic E-state index is 0.361. The molecule has 0 saturated heterocycles. The number of carbonyl (C=O) groups is 1. The molecule has 0 aliphatic carbocycles. The van der Waals surface area contributed by atoms with E-state index in [4.69, 9.17) is 5.11 Å². The third-order valence-corrected chi connectivity index (χ3v) is 3.43. The summed E-state index contributed by atoms with van der Waals surface area (Å²) in [5.41, 5.74) is 3.56. The number of hydrogen-bond acceptors (Lipinski definition) is 2. The third kappa shape index (κ3) is 1.52. The molecular formula is C13H14N2O2. The molecule has 0 atom stereocenters. The lowest BCUT2D eigenvalue weighted by Crippen LogP contribution is -2.25. The standard InChI is InChI=1S/C13H14N2O2/c1-15-6-5-11-10(7-15)8-3-2-4-9(13(16)17)12(8)14-11/h2-4,14H,5-7H2,1H3,(H,16,17). The van der Waals surface area contributed by atoms with Crippen molar-refractivity contribution in [2.45, 2.75) is 13.0 Å². The number of aromatic amines is 1. The van der Waals surface area contributed by atoms with E-state index in [9.17, 15) is 4.79 Å². The van der Waals surface area contributed by atoms with Crippen molar-refractivity contribution >= 4 is 16.9 Å². The molecule has 0 unspecified atom stereocenters. The lowest BCUT2D eigenvalue weighted by atomic mass is 10.0. The van der Waals surface area contributed by atoms with Crippen molar-refractivity contribution in [2.24, 2.45) is 0 Å². The van der Waals surface area contributed by atoms with Crippen LogP contribution in [0.4, 0.5) is 0 Å². The monoisotopic (exact) mass is 230 g/mol. The fourth-order valence-electron chi connectivity index (χ4n) is 2.55. The van der Waals surface area contributed by atoms with E-state index in [0.717, 1.165) is 30.4 Å². The number of fused-ring (bicyclic) bond motifs is 3. The van der Waals surface area contributed by atoms with Crippen molar-refractivity contribution in [3.05, 3.63) is 35.0 Å². The van der Waals surface area contributed by atoms with Crippen LogP contribution in [0.15, 0.2) is 18.2 Å². The Hall–Kier alpha value is -1.81. The summed E-state index contributed by atoms with van der Waals surface area (Å²) in [6.07, 6.45) is 0.958. The molecule has 4 nitrogen and oxygen atoms in total. The van der Waals surface area contributed by atoms with Gasteiger partial charge in [-0.1, -0.05) is 12.1 Å². The Morgan fingerprint density at radius 1 is 1.47 bits per heavy atom. The molecule has 0 bridgehead atoms. The van der Waals surface area contributed by atoms with Crippen LogP contribution < -0.4 is 0 Å². The number of benzene rings is 1. The highest BCUT2D eigenvalue weighted by atomic mass is 16.4. The zero-order chi connectivity index (χ0) is 12.0. The van der Waals surface area contributed by atoms with Gasteiger partial charge in [-0.3, -0.25) is 0 Å². The first kappa shape index (κ1) is 10.4. The molecule has 0 fully saturated rings. The summed E-state index contributed by atoms with van der Waals surface area (Å²) in [5, 5.41) is 10.2. The summed E-state index contributed by atoms with van der Waals surface area (Å²) < 4.78 is 0. The van der Waals surface area contributed by atoms with Gasteiger partial charge in [-0.25, -0.2) is 4.79 Å². The highest BCUT2D eigenvalue weighted by molar-refractivity contribution is 6.03. The van der Waals surface area contributed by atoms with Gasteiger partial charge in [0.15, 0.2) is 0 Å². The van der Waals surface area contributed by atoms with Gasteiger partial charge in [-0.2, -0.15) is 0 Å². The molecule has 2 heterocycles. The highest BCUT2D eigenvalue weighted by Gasteiger charge is 2.20. The number of aromatic carboxylic acids is 1. The van der Waals surface area contributed by atoms with Crippen LogP contribution in [0.3, 0.4) is 0 Å². The second-order valence-corrected chi connectivity index (χ2v) is 4.60. The fourth-order valence-corrected chi connectivity index (χ4v) is 2.55. The zero-order valence-corrected chi connectivity index (χ0v) is 9.66. The van der Waals surface area contributed by atoms with Crippen LogP contribution in [0.25, 0.3) is 10.9 Å². The third-order valence-electron chi connectivity index (χ3n) is 3.43. The average Bonchev–Trinajstić information content (AvgIpc) is 2.66. The van der Waals surface area contributed by atoms with E-state index in [1.807, 2.05) is 12.1 Å². The van der Waals surface area contributed by atoms with Gasteiger partial charge < -0.3 is 15.0 Å².